The predicted octanol–water partition coefficient (Wildman–Crippen LogP) is 2.81. The van der Waals surface area contributed by atoms with Gasteiger partial charge in [-0.25, -0.2) is 4.98 Å². The summed E-state index contributed by atoms with van der Waals surface area (Å²) in [6, 6.07) is 10.7. The number of benzene rings is 1. The normalized spacial score (nSPS) is 25.5. The number of aromatic nitrogens is 2. The number of imidazole rings is 1. The second kappa shape index (κ2) is 7.91. The molecule has 2 N–H and O–H groups in total. The molecule has 5 nitrogen and oxygen atoms in total. The molecule has 1 aromatic carbocycles. The Labute approximate surface area is 156 Å². The summed E-state index contributed by atoms with van der Waals surface area (Å²) in [5, 5.41) is 10.3. The summed E-state index contributed by atoms with van der Waals surface area (Å²) in [4.78, 5) is 13.3. The Morgan fingerprint density at radius 1 is 1.08 bits per heavy atom. The van der Waals surface area contributed by atoms with Crippen LogP contribution in [0, 0.1) is 6.92 Å². The Bertz CT molecular complexity index is 706. The molecule has 2 atom stereocenters. The highest BCUT2D eigenvalue weighted by Gasteiger charge is 2.31. The van der Waals surface area contributed by atoms with Gasteiger partial charge in [0, 0.05) is 50.0 Å². The number of piperazine rings is 1. The molecule has 1 saturated carbocycles. The van der Waals surface area contributed by atoms with Crippen molar-refractivity contribution in [3.8, 4) is 11.4 Å². The summed E-state index contributed by atoms with van der Waals surface area (Å²) in [5.41, 5.74) is 3.45. The maximum atomic E-state index is 10.3. The molecule has 0 bridgehead atoms. The van der Waals surface area contributed by atoms with Crippen LogP contribution in [0.1, 0.15) is 37.1 Å². The van der Waals surface area contributed by atoms with Crippen molar-refractivity contribution < 1.29 is 5.11 Å². The summed E-state index contributed by atoms with van der Waals surface area (Å²) in [6.07, 6.45) is 4.44. The zero-order valence-corrected chi connectivity index (χ0v) is 15.7. The number of aliphatic hydroxyl groups excluding tert-OH is 1. The summed E-state index contributed by atoms with van der Waals surface area (Å²) in [6.45, 7) is 7.22. The summed E-state index contributed by atoms with van der Waals surface area (Å²) in [5.74, 6) is 0.960. The van der Waals surface area contributed by atoms with E-state index < -0.39 is 0 Å². The molecule has 1 aliphatic heterocycles. The van der Waals surface area contributed by atoms with Gasteiger partial charge in [-0.2, -0.15) is 0 Å². The fraction of sp³-hybridized carbons (Fsp3) is 0.571. The van der Waals surface area contributed by atoms with Crippen molar-refractivity contribution in [1.29, 1.82) is 0 Å². The van der Waals surface area contributed by atoms with E-state index in [4.69, 9.17) is 4.98 Å². The maximum Gasteiger partial charge on any atom is 0.137 e. The Kier molecular flexibility index (Phi) is 5.38. The molecule has 2 fully saturated rings. The van der Waals surface area contributed by atoms with Gasteiger partial charge in [0.1, 0.15) is 5.82 Å². The molecule has 2 heterocycles. The average Bonchev–Trinajstić information content (AvgIpc) is 3.04. The molecule has 1 aromatic heterocycles. The highest BCUT2D eigenvalue weighted by molar-refractivity contribution is 5.55. The lowest BCUT2D eigenvalue weighted by atomic mass is 9.91. The smallest absolute Gasteiger partial charge is 0.137 e. The number of H-pyrrole nitrogens is 1. The fourth-order valence-corrected chi connectivity index (χ4v) is 4.37. The molecule has 5 heteroatoms. The molecule has 2 aromatic rings. The Hall–Kier alpha value is -1.69. The molecule has 140 valence electrons. The summed E-state index contributed by atoms with van der Waals surface area (Å²) < 4.78 is 0. The third-order valence-electron chi connectivity index (χ3n) is 5.98. The van der Waals surface area contributed by atoms with Crippen LogP contribution in [0.5, 0.6) is 0 Å². The number of aliphatic hydroxyl groups is 1. The summed E-state index contributed by atoms with van der Waals surface area (Å²) in [7, 11) is 0. The highest BCUT2D eigenvalue weighted by Crippen LogP contribution is 2.25. The van der Waals surface area contributed by atoms with Crippen LogP contribution < -0.4 is 0 Å². The zero-order chi connectivity index (χ0) is 17.9. The zero-order valence-electron chi connectivity index (χ0n) is 15.7. The van der Waals surface area contributed by atoms with Crippen LogP contribution in [-0.4, -0.2) is 63.2 Å². The van der Waals surface area contributed by atoms with Crippen LogP contribution in [0.4, 0.5) is 0 Å². The first kappa shape index (κ1) is 17.7. The van der Waals surface area contributed by atoms with Gasteiger partial charge in [-0.3, -0.25) is 9.80 Å². The van der Waals surface area contributed by atoms with E-state index in [0.29, 0.717) is 6.04 Å². The largest absolute Gasteiger partial charge is 0.391 e. The quantitative estimate of drug-likeness (QED) is 0.886. The second-order valence-corrected chi connectivity index (χ2v) is 7.75. The SMILES string of the molecule is Cc1[nH]c(-c2ccccc2)nc1CN1CCN([C@H]2CCCC[C@@H]2O)CC1. The van der Waals surface area contributed by atoms with Crippen LogP contribution in [0.3, 0.4) is 0 Å². The molecule has 26 heavy (non-hydrogen) atoms. The van der Waals surface area contributed by atoms with E-state index >= 15 is 0 Å². The summed E-state index contributed by atoms with van der Waals surface area (Å²) >= 11 is 0. The van der Waals surface area contributed by atoms with Gasteiger partial charge in [0.2, 0.25) is 0 Å². The fourth-order valence-electron chi connectivity index (χ4n) is 4.37. The number of aryl methyl sites for hydroxylation is 1. The van der Waals surface area contributed by atoms with E-state index in [1.807, 2.05) is 18.2 Å². The first-order valence-electron chi connectivity index (χ1n) is 9.96. The van der Waals surface area contributed by atoms with Gasteiger partial charge in [-0.1, -0.05) is 43.2 Å². The lowest BCUT2D eigenvalue weighted by molar-refractivity contribution is -0.00489. The van der Waals surface area contributed by atoms with Crippen molar-refractivity contribution in [3.05, 3.63) is 41.7 Å². The van der Waals surface area contributed by atoms with E-state index in [1.54, 1.807) is 0 Å². The van der Waals surface area contributed by atoms with E-state index in [-0.39, 0.29) is 6.10 Å². The Morgan fingerprint density at radius 2 is 1.81 bits per heavy atom. The van der Waals surface area contributed by atoms with Crippen molar-refractivity contribution in [2.75, 3.05) is 26.2 Å². The molecule has 4 rings (SSSR count). The minimum absolute atomic E-state index is 0.127. The van der Waals surface area contributed by atoms with Gasteiger partial charge in [0.15, 0.2) is 0 Å². The van der Waals surface area contributed by atoms with E-state index in [9.17, 15) is 5.11 Å². The van der Waals surface area contributed by atoms with Gasteiger partial charge < -0.3 is 10.1 Å². The number of nitrogens with one attached hydrogen (secondary N) is 1. The van der Waals surface area contributed by atoms with Gasteiger partial charge >= 0.3 is 0 Å². The third kappa shape index (κ3) is 3.85. The molecular weight excluding hydrogens is 324 g/mol. The standard InChI is InChI=1S/C21H30N4O/c1-16-18(23-21(22-16)17-7-3-2-4-8-17)15-24-11-13-25(14-12-24)19-9-5-6-10-20(19)26/h2-4,7-8,19-20,26H,5-6,9-15H2,1H3,(H,22,23)/t19-,20-/m0/s1. The average molecular weight is 354 g/mol. The number of hydrogen-bond donors (Lipinski definition) is 2. The van der Waals surface area contributed by atoms with E-state index in [2.05, 4.69) is 33.8 Å². The molecule has 0 radical (unpaired) electrons. The molecule has 2 aliphatic rings. The molecule has 0 unspecified atom stereocenters. The molecular formula is C21H30N4O. The number of rotatable bonds is 4. The van der Waals surface area contributed by atoms with Crippen molar-refractivity contribution in [2.45, 2.75) is 51.3 Å². The number of nitrogens with zero attached hydrogens (tertiary/aromatic N) is 3. The van der Waals surface area contributed by atoms with E-state index in [1.165, 1.54) is 12.8 Å². The van der Waals surface area contributed by atoms with Crippen molar-refractivity contribution in [2.24, 2.45) is 0 Å². The monoisotopic (exact) mass is 354 g/mol. The van der Waals surface area contributed by atoms with Gasteiger partial charge in [0.25, 0.3) is 0 Å². The lowest BCUT2D eigenvalue weighted by Crippen LogP contribution is -2.54. The predicted molar refractivity (Wildman–Crippen MR) is 104 cm³/mol. The molecule has 0 amide bonds. The van der Waals surface area contributed by atoms with Crippen LogP contribution in [0.2, 0.25) is 0 Å². The maximum absolute atomic E-state index is 10.3. The Morgan fingerprint density at radius 3 is 2.54 bits per heavy atom. The van der Waals surface area contributed by atoms with Crippen LogP contribution in [0.15, 0.2) is 30.3 Å². The first-order chi connectivity index (χ1) is 12.7. The molecule has 1 saturated heterocycles. The highest BCUT2D eigenvalue weighted by atomic mass is 16.3. The first-order valence-corrected chi connectivity index (χ1v) is 9.96. The third-order valence-corrected chi connectivity index (χ3v) is 5.98. The van der Waals surface area contributed by atoms with Gasteiger partial charge in [-0.15, -0.1) is 0 Å². The minimum Gasteiger partial charge on any atom is -0.391 e. The van der Waals surface area contributed by atoms with Crippen molar-refractivity contribution in [1.82, 2.24) is 19.8 Å². The second-order valence-electron chi connectivity index (χ2n) is 7.75. The lowest BCUT2D eigenvalue weighted by Gasteiger charge is -2.42. The topological polar surface area (TPSA) is 55.4 Å². The van der Waals surface area contributed by atoms with Crippen molar-refractivity contribution in [3.63, 3.8) is 0 Å². The number of hydrogen-bond acceptors (Lipinski definition) is 4. The van der Waals surface area contributed by atoms with E-state index in [0.717, 1.165) is 68.3 Å². The van der Waals surface area contributed by atoms with Gasteiger partial charge in [0.05, 0.1) is 11.8 Å². The van der Waals surface area contributed by atoms with Crippen LogP contribution in [-0.2, 0) is 6.54 Å². The van der Waals surface area contributed by atoms with Crippen molar-refractivity contribution >= 4 is 0 Å². The molecule has 1 aliphatic carbocycles. The van der Waals surface area contributed by atoms with Crippen LogP contribution >= 0.6 is 0 Å². The Balaban J connectivity index is 1.35. The minimum atomic E-state index is -0.127. The molecule has 0 spiro atoms. The number of aromatic amines is 1. The van der Waals surface area contributed by atoms with Gasteiger partial charge in [-0.05, 0) is 19.8 Å². The van der Waals surface area contributed by atoms with Crippen LogP contribution in [0.25, 0.3) is 11.4 Å².